The second-order valence-corrected chi connectivity index (χ2v) is 3.70. The van der Waals surface area contributed by atoms with Crippen LogP contribution < -0.4 is 5.46 Å². The fourth-order valence-electron chi connectivity index (χ4n) is 1.83. The van der Waals surface area contributed by atoms with Crippen LogP contribution in [0.25, 0.3) is 0 Å². The van der Waals surface area contributed by atoms with Gasteiger partial charge in [-0.1, -0.05) is 23.1 Å². The number of fused-ring (bicyclic) bond motifs is 1. The molecule has 0 aliphatic heterocycles. The molecule has 3 heteroatoms. The maximum atomic E-state index is 9.55. The smallest absolute Gasteiger partial charge is 0.141 e. The highest BCUT2D eigenvalue weighted by atomic mass is 35.5. The summed E-state index contributed by atoms with van der Waals surface area (Å²) in [4.78, 5) is 0. The topological polar surface area (TPSA) is 20.2 Å². The van der Waals surface area contributed by atoms with Crippen LogP contribution in [0.1, 0.15) is 23.7 Å². The molecule has 0 heterocycles. The molecule has 1 aromatic rings. The normalized spacial score (nSPS) is 21.0. The van der Waals surface area contributed by atoms with Gasteiger partial charge < -0.3 is 5.11 Å². The molecule has 1 aromatic carbocycles. The van der Waals surface area contributed by atoms with E-state index < -0.39 is 0 Å². The minimum Gasteiger partial charge on any atom is -0.388 e. The maximum Gasteiger partial charge on any atom is 0.141 e. The molecule has 1 N–H and O–H groups in total. The number of halogens is 1. The minimum absolute atomic E-state index is 0.268. The molecule has 0 saturated carbocycles. The second kappa shape index (κ2) is 2.79. The van der Waals surface area contributed by atoms with E-state index >= 15 is 0 Å². The molecular formula is C9H10BClO. The lowest BCUT2D eigenvalue weighted by atomic mass is 9.88. The third kappa shape index (κ3) is 1.07. The zero-order valence-corrected chi connectivity index (χ0v) is 7.73. The van der Waals surface area contributed by atoms with Crippen molar-refractivity contribution in [2.75, 3.05) is 0 Å². The van der Waals surface area contributed by atoms with Crippen molar-refractivity contribution in [1.82, 2.24) is 0 Å². The Balaban J connectivity index is 2.60. The first-order valence-corrected chi connectivity index (χ1v) is 4.54. The zero-order valence-electron chi connectivity index (χ0n) is 6.97. The Morgan fingerprint density at radius 2 is 2.25 bits per heavy atom. The van der Waals surface area contributed by atoms with Crippen molar-refractivity contribution in [3.63, 3.8) is 0 Å². The molecule has 1 nitrogen and oxygen atoms in total. The van der Waals surface area contributed by atoms with Gasteiger partial charge in [-0.2, -0.15) is 0 Å². The van der Waals surface area contributed by atoms with E-state index in [1.807, 2.05) is 20.0 Å². The first kappa shape index (κ1) is 8.15. The summed E-state index contributed by atoms with van der Waals surface area (Å²) in [7, 11) is 2.01. The lowest BCUT2D eigenvalue weighted by molar-refractivity contribution is 0.180. The van der Waals surface area contributed by atoms with Gasteiger partial charge in [0.2, 0.25) is 0 Å². The van der Waals surface area contributed by atoms with Crippen molar-refractivity contribution in [2.45, 2.75) is 18.9 Å². The van der Waals surface area contributed by atoms with Crippen LogP contribution in [0.15, 0.2) is 12.1 Å². The highest BCUT2D eigenvalue weighted by Gasteiger charge is 2.21. The number of aliphatic hydroxyl groups excluding tert-OH is 1. The number of aliphatic hydroxyl groups is 1. The van der Waals surface area contributed by atoms with Crippen LogP contribution in [0.5, 0.6) is 0 Å². The van der Waals surface area contributed by atoms with Crippen LogP contribution in [-0.4, -0.2) is 13.0 Å². The summed E-state index contributed by atoms with van der Waals surface area (Å²) in [5.74, 6) is 0. The minimum atomic E-state index is -0.268. The van der Waals surface area contributed by atoms with E-state index in [9.17, 15) is 5.11 Å². The Hall–Kier alpha value is -0.465. The fourth-order valence-corrected chi connectivity index (χ4v) is 2.01. The van der Waals surface area contributed by atoms with E-state index in [4.69, 9.17) is 11.6 Å². The van der Waals surface area contributed by atoms with Crippen LogP contribution in [0.4, 0.5) is 0 Å². The molecule has 1 unspecified atom stereocenters. The van der Waals surface area contributed by atoms with Gasteiger partial charge >= 0.3 is 0 Å². The summed E-state index contributed by atoms with van der Waals surface area (Å²) in [6, 6.07) is 3.80. The van der Waals surface area contributed by atoms with Crippen molar-refractivity contribution in [3.05, 3.63) is 28.3 Å². The highest BCUT2D eigenvalue weighted by Crippen LogP contribution is 2.30. The third-order valence-corrected chi connectivity index (χ3v) is 3.00. The van der Waals surface area contributed by atoms with Crippen LogP contribution >= 0.6 is 11.6 Å². The van der Waals surface area contributed by atoms with Gasteiger partial charge in [0.15, 0.2) is 0 Å². The van der Waals surface area contributed by atoms with Crippen molar-refractivity contribution in [1.29, 1.82) is 0 Å². The maximum absolute atomic E-state index is 9.55. The Kier molecular flexibility index (Phi) is 1.89. The zero-order chi connectivity index (χ0) is 8.72. The molecule has 0 saturated heterocycles. The van der Waals surface area contributed by atoms with Gasteiger partial charge in [0.05, 0.1) is 6.10 Å². The quantitative estimate of drug-likeness (QED) is 0.579. The highest BCUT2D eigenvalue weighted by molar-refractivity contribution is 6.45. The van der Waals surface area contributed by atoms with Gasteiger partial charge in [-0.3, -0.25) is 0 Å². The third-order valence-electron chi connectivity index (χ3n) is 2.60. The number of benzene rings is 1. The summed E-state index contributed by atoms with van der Waals surface area (Å²) >= 11 is 5.96. The van der Waals surface area contributed by atoms with E-state index in [2.05, 4.69) is 0 Å². The Morgan fingerprint density at radius 3 is 3.00 bits per heavy atom. The summed E-state index contributed by atoms with van der Waals surface area (Å²) in [5.41, 5.74) is 3.44. The van der Waals surface area contributed by atoms with E-state index in [0.29, 0.717) is 0 Å². The van der Waals surface area contributed by atoms with Crippen LogP contribution in [-0.2, 0) is 6.42 Å². The number of hydrogen-bond donors (Lipinski definition) is 1. The van der Waals surface area contributed by atoms with Crippen LogP contribution in [0, 0.1) is 0 Å². The molecule has 1 aliphatic carbocycles. The lowest BCUT2D eigenvalue weighted by Gasteiger charge is -2.07. The summed E-state index contributed by atoms with van der Waals surface area (Å²) < 4.78 is 0. The molecule has 2 rings (SSSR count). The molecule has 0 bridgehead atoms. The number of hydrogen-bond acceptors (Lipinski definition) is 1. The molecule has 0 spiro atoms. The van der Waals surface area contributed by atoms with E-state index in [1.165, 1.54) is 5.56 Å². The van der Waals surface area contributed by atoms with Gasteiger partial charge in [-0.05, 0) is 30.0 Å². The monoisotopic (exact) mass is 180 g/mol. The van der Waals surface area contributed by atoms with Crippen molar-refractivity contribution in [3.8, 4) is 0 Å². The molecular weight excluding hydrogens is 170 g/mol. The summed E-state index contributed by atoms with van der Waals surface area (Å²) in [5, 5.41) is 10.4. The summed E-state index contributed by atoms with van der Waals surface area (Å²) in [6.45, 7) is 0. The first-order valence-electron chi connectivity index (χ1n) is 4.16. The molecule has 12 heavy (non-hydrogen) atoms. The van der Waals surface area contributed by atoms with E-state index in [0.717, 1.165) is 28.9 Å². The van der Waals surface area contributed by atoms with Gasteiger partial charge in [0, 0.05) is 5.02 Å². The molecule has 1 atom stereocenters. The lowest BCUT2D eigenvalue weighted by Crippen LogP contribution is -2.11. The molecule has 0 aromatic heterocycles. The Labute approximate surface area is 77.8 Å². The Bertz CT molecular complexity index is 325. The van der Waals surface area contributed by atoms with Crippen LogP contribution in [0.2, 0.25) is 5.02 Å². The first-order chi connectivity index (χ1) is 5.70. The molecule has 62 valence electrons. The van der Waals surface area contributed by atoms with Gasteiger partial charge in [0.25, 0.3) is 0 Å². The van der Waals surface area contributed by atoms with E-state index in [1.54, 1.807) is 0 Å². The largest absolute Gasteiger partial charge is 0.388 e. The predicted octanol–water partition coefficient (Wildman–Crippen LogP) is 0.578. The summed E-state index contributed by atoms with van der Waals surface area (Å²) in [6.07, 6.45) is 1.54. The van der Waals surface area contributed by atoms with Crippen molar-refractivity contribution in [2.24, 2.45) is 0 Å². The van der Waals surface area contributed by atoms with Crippen LogP contribution in [0.3, 0.4) is 0 Å². The average molecular weight is 180 g/mol. The SMILES string of the molecule is Bc1c(Cl)ccc2c1CCC2O. The van der Waals surface area contributed by atoms with Gasteiger partial charge in [0.1, 0.15) is 7.85 Å². The molecule has 1 aliphatic rings. The number of rotatable bonds is 0. The Morgan fingerprint density at radius 1 is 1.50 bits per heavy atom. The molecule has 0 amide bonds. The predicted molar refractivity (Wildman–Crippen MR) is 52.9 cm³/mol. The standard InChI is InChI=1S/C9H10BClO/c10-9-6-2-4-8(12)5(6)1-3-7(9)11/h1,3,8,12H,2,4,10H2. The van der Waals surface area contributed by atoms with Crippen molar-refractivity contribution < 1.29 is 5.11 Å². The van der Waals surface area contributed by atoms with Gasteiger partial charge in [-0.15, -0.1) is 0 Å². The second-order valence-electron chi connectivity index (χ2n) is 3.29. The van der Waals surface area contributed by atoms with E-state index in [-0.39, 0.29) is 6.10 Å². The molecule has 0 fully saturated rings. The fraction of sp³-hybridized carbons (Fsp3) is 0.333. The van der Waals surface area contributed by atoms with Gasteiger partial charge in [-0.25, -0.2) is 0 Å². The van der Waals surface area contributed by atoms with Crippen molar-refractivity contribution >= 4 is 24.9 Å². The average Bonchev–Trinajstić information content (AvgIpc) is 2.41. The molecule has 0 radical (unpaired) electrons.